The summed E-state index contributed by atoms with van der Waals surface area (Å²) >= 11 is 3.76. The Morgan fingerprint density at radius 3 is 2.44 bits per heavy atom. The lowest BCUT2D eigenvalue weighted by Crippen LogP contribution is -2.32. The van der Waals surface area contributed by atoms with Crippen LogP contribution >= 0.6 is 34.9 Å². The molecule has 32 heavy (non-hydrogen) atoms. The van der Waals surface area contributed by atoms with Crippen LogP contribution in [0.1, 0.15) is 41.1 Å². The van der Waals surface area contributed by atoms with E-state index in [4.69, 9.17) is 10.6 Å². The van der Waals surface area contributed by atoms with Gasteiger partial charge in [0.15, 0.2) is 0 Å². The van der Waals surface area contributed by atoms with Crippen molar-refractivity contribution in [3.63, 3.8) is 0 Å². The third kappa shape index (κ3) is 5.38. The molecule has 0 aliphatic heterocycles. The molecule has 0 aromatic carbocycles. The second kappa shape index (κ2) is 11.1. The first-order valence-corrected chi connectivity index (χ1v) is 12.9. The number of fused-ring (bicyclic) bond motifs is 1. The van der Waals surface area contributed by atoms with E-state index in [-0.39, 0.29) is 23.3 Å². The standard InChI is InChI=1S/C19H26N6O4S3/c1-4-24(5-2)14(27)10-31-19-23-22-18(25(19)20)30-9-13(26)21-16-15(17(28)29-3)11-7-6-8-12(11)32-16/h4-10,20H2,1-3H3,(H,21,26). The Hall–Kier alpha value is -2.25. The molecule has 1 aliphatic carbocycles. The van der Waals surface area contributed by atoms with Gasteiger partial charge in [-0.2, -0.15) is 0 Å². The molecule has 0 saturated heterocycles. The summed E-state index contributed by atoms with van der Waals surface area (Å²) in [4.78, 5) is 39.7. The minimum absolute atomic E-state index is 0.000774. The molecule has 3 N–H and O–H groups in total. The molecule has 2 heterocycles. The van der Waals surface area contributed by atoms with Crippen LogP contribution in [0.3, 0.4) is 0 Å². The van der Waals surface area contributed by atoms with Crippen LogP contribution in [0.15, 0.2) is 10.3 Å². The number of carbonyl (C=O) groups excluding carboxylic acids is 3. The SMILES string of the molecule is CCN(CC)C(=O)CSc1nnc(SCC(=O)Nc2sc3c(c2C(=O)OC)CCC3)n1N. The molecule has 3 rings (SSSR count). The van der Waals surface area contributed by atoms with Gasteiger partial charge in [0.25, 0.3) is 0 Å². The highest BCUT2D eigenvalue weighted by molar-refractivity contribution is 8.00. The topological polar surface area (TPSA) is 132 Å². The molecule has 2 aromatic rings. The van der Waals surface area contributed by atoms with Crippen molar-refractivity contribution in [2.45, 2.75) is 43.4 Å². The maximum absolute atomic E-state index is 12.5. The summed E-state index contributed by atoms with van der Waals surface area (Å²) in [5.74, 6) is 5.57. The molecule has 2 amide bonds. The van der Waals surface area contributed by atoms with Gasteiger partial charge in [-0.05, 0) is 38.7 Å². The van der Waals surface area contributed by atoms with Crippen molar-refractivity contribution in [2.24, 2.45) is 0 Å². The van der Waals surface area contributed by atoms with Crippen molar-refractivity contribution in [3.05, 3.63) is 16.0 Å². The van der Waals surface area contributed by atoms with E-state index < -0.39 is 5.97 Å². The lowest BCUT2D eigenvalue weighted by Gasteiger charge is -2.17. The summed E-state index contributed by atoms with van der Waals surface area (Å²) in [6.07, 6.45) is 2.72. The number of carbonyl (C=O) groups is 3. The van der Waals surface area contributed by atoms with Gasteiger partial charge in [-0.15, -0.1) is 21.5 Å². The summed E-state index contributed by atoms with van der Waals surface area (Å²) in [6, 6.07) is 0. The zero-order valence-corrected chi connectivity index (χ0v) is 20.6. The number of aryl methyl sites for hydroxylation is 1. The van der Waals surface area contributed by atoms with E-state index in [9.17, 15) is 14.4 Å². The zero-order valence-electron chi connectivity index (χ0n) is 18.2. The highest BCUT2D eigenvalue weighted by atomic mass is 32.2. The zero-order chi connectivity index (χ0) is 23.3. The summed E-state index contributed by atoms with van der Waals surface area (Å²) < 4.78 is 6.18. The molecule has 0 unspecified atom stereocenters. The summed E-state index contributed by atoms with van der Waals surface area (Å²) in [5, 5.41) is 12.1. The van der Waals surface area contributed by atoms with Crippen molar-refractivity contribution >= 4 is 57.6 Å². The molecular weight excluding hydrogens is 472 g/mol. The number of thioether (sulfide) groups is 2. The first kappa shape index (κ1) is 24.4. The highest BCUT2D eigenvalue weighted by Gasteiger charge is 2.28. The summed E-state index contributed by atoms with van der Waals surface area (Å²) in [5.41, 5.74) is 1.44. The lowest BCUT2D eigenvalue weighted by molar-refractivity contribution is -0.128. The van der Waals surface area contributed by atoms with Crippen LogP contribution in [0.2, 0.25) is 0 Å². The number of rotatable bonds is 10. The maximum Gasteiger partial charge on any atom is 0.341 e. The number of nitrogen functional groups attached to an aromatic ring is 1. The first-order chi connectivity index (χ1) is 15.4. The molecule has 0 saturated carbocycles. The van der Waals surface area contributed by atoms with Gasteiger partial charge in [0.2, 0.25) is 22.1 Å². The second-order valence-electron chi connectivity index (χ2n) is 6.88. The lowest BCUT2D eigenvalue weighted by atomic mass is 10.1. The number of hydrogen-bond donors (Lipinski definition) is 2. The van der Waals surface area contributed by atoms with Crippen molar-refractivity contribution in [1.82, 2.24) is 19.8 Å². The number of methoxy groups -OCH3 is 1. The number of anilines is 1. The van der Waals surface area contributed by atoms with Crippen LogP contribution in [-0.4, -0.2) is 69.3 Å². The number of ether oxygens (including phenoxy) is 1. The fourth-order valence-corrected chi connectivity index (χ4v) is 6.12. The van der Waals surface area contributed by atoms with E-state index in [1.165, 1.54) is 34.9 Å². The van der Waals surface area contributed by atoms with E-state index in [0.717, 1.165) is 41.5 Å². The smallest absolute Gasteiger partial charge is 0.341 e. The van der Waals surface area contributed by atoms with Crippen LogP contribution in [0.25, 0.3) is 0 Å². The second-order valence-corrected chi connectivity index (χ2v) is 9.87. The molecule has 0 radical (unpaired) electrons. The Labute approximate surface area is 198 Å². The van der Waals surface area contributed by atoms with Gasteiger partial charge in [-0.3, -0.25) is 9.59 Å². The van der Waals surface area contributed by atoms with Crippen LogP contribution in [-0.2, 0) is 27.2 Å². The molecule has 1 aliphatic rings. The number of aromatic nitrogens is 3. The largest absolute Gasteiger partial charge is 0.465 e. The minimum atomic E-state index is -0.435. The molecule has 0 bridgehead atoms. The normalized spacial score (nSPS) is 12.5. The van der Waals surface area contributed by atoms with Gasteiger partial charge in [0.1, 0.15) is 5.00 Å². The molecule has 174 valence electrons. The number of thiophene rings is 1. The van der Waals surface area contributed by atoms with Crippen LogP contribution in [0, 0.1) is 0 Å². The summed E-state index contributed by atoms with van der Waals surface area (Å²) in [7, 11) is 1.34. The number of hydrogen-bond acceptors (Lipinski definition) is 10. The van der Waals surface area contributed by atoms with Crippen LogP contribution in [0.4, 0.5) is 5.00 Å². The molecule has 13 heteroatoms. The Balaban J connectivity index is 1.57. The quantitative estimate of drug-likeness (QED) is 0.287. The number of esters is 1. The van der Waals surface area contributed by atoms with E-state index in [0.29, 0.717) is 34.0 Å². The molecule has 0 atom stereocenters. The fourth-order valence-electron chi connectivity index (χ4n) is 3.36. The predicted molar refractivity (Wildman–Crippen MR) is 126 cm³/mol. The predicted octanol–water partition coefficient (Wildman–Crippen LogP) is 2.02. The fraction of sp³-hybridized carbons (Fsp3) is 0.526. The van der Waals surface area contributed by atoms with E-state index in [1.54, 1.807) is 4.90 Å². The number of nitrogens with one attached hydrogen (secondary N) is 1. The van der Waals surface area contributed by atoms with E-state index in [2.05, 4.69) is 15.5 Å². The van der Waals surface area contributed by atoms with Gasteiger partial charge in [-0.1, -0.05) is 23.5 Å². The van der Waals surface area contributed by atoms with Crippen LogP contribution in [0.5, 0.6) is 0 Å². The van der Waals surface area contributed by atoms with E-state index in [1.807, 2.05) is 13.8 Å². The van der Waals surface area contributed by atoms with Crippen molar-refractivity contribution in [2.75, 3.05) is 42.9 Å². The number of amides is 2. The Morgan fingerprint density at radius 2 is 1.81 bits per heavy atom. The van der Waals surface area contributed by atoms with Gasteiger partial charge in [0, 0.05) is 18.0 Å². The molecule has 0 fully saturated rings. The van der Waals surface area contributed by atoms with Crippen molar-refractivity contribution in [1.29, 1.82) is 0 Å². The third-order valence-corrected chi connectivity index (χ3v) is 8.05. The van der Waals surface area contributed by atoms with Crippen molar-refractivity contribution < 1.29 is 19.1 Å². The Morgan fingerprint density at radius 1 is 1.16 bits per heavy atom. The molecule has 2 aromatic heterocycles. The van der Waals surface area contributed by atoms with Gasteiger partial charge in [0.05, 0.1) is 24.2 Å². The Kier molecular flexibility index (Phi) is 8.43. The minimum Gasteiger partial charge on any atom is -0.465 e. The van der Waals surface area contributed by atoms with Gasteiger partial charge < -0.3 is 20.8 Å². The molecular formula is C19H26N6O4S3. The summed E-state index contributed by atoms with van der Waals surface area (Å²) in [6.45, 7) is 5.14. The van der Waals surface area contributed by atoms with Gasteiger partial charge in [-0.25, -0.2) is 9.47 Å². The number of nitrogens with two attached hydrogens (primary N) is 1. The average Bonchev–Trinajstić information content (AvgIpc) is 3.46. The monoisotopic (exact) mass is 498 g/mol. The third-order valence-electron chi connectivity index (χ3n) is 4.97. The Bertz CT molecular complexity index is 1000. The molecule has 10 nitrogen and oxygen atoms in total. The number of nitrogens with zero attached hydrogens (tertiary/aromatic N) is 4. The average molecular weight is 499 g/mol. The van der Waals surface area contributed by atoms with Crippen molar-refractivity contribution in [3.8, 4) is 0 Å². The molecule has 0 spiro atoms. The van der Waals surface area contributed by atoms with Gasteiger partial charge >= 0.3 is 5.97 Å². The van der Waals surface area contributed by atoms with E-state index >= 15 is 0 Å². The highest BCUT2D eigenvalue weighted by Crippen LogP contribution is 2.39. The maximum atomic E-state index is 12.5. The van der Waals surface area contributed by atoms with Crippen LogP contribution < -0.4 is 11.2 Å². The first-order valence-electron chi connectivity index (χ1n) is 10.2.